The third kappa shape index (κ3) is 5.53. The van der Waals surface area contributed by atoms with Crippen LogP contribution in [0.5, 0.6) is 0 Å². The van der Waals surface area contributed by atoms with Crippen molar-refractivity contribution in [2.24, 2.45) is 0 Å². The van der Waals surface area contributed by atoms with Crippen molar-refractivity contribution in [3.8, 4) is 0 Å². The largest absolute Gasteiger partial charge is 0.393 e. The van der Waals surface area contributed by atoms with Crippen molar-refractivity contribution in [3.63, 3.8) is 0 Å². The lowest BCUT2D eigenvalue weighted by atomic mass is 9.83. The Kier molecular flexibility index (Phi) is 7.54. The maximum atomic E-state index is 13.9. The van der Waals surface area contributed by atoms with Crippen LogP contribution >= 0.6 is 23.2 Å². The molecule has 0 aliphatic carbocycles. The third-order valence-electron chi connectivity index (χ3n) is 7.21. The summed E-state index contributed by atoms with van der Waals surface area (Å²) >= 11 is 12.5. The summed E-state index contributed by atoms with van der Waals surface area (Å²) in [4.78, 5) is 29.5. The number of amides is 2. The summed E-state index contributed by atoms with van der Waals surface area (Å²) < 4.78 is 0. The molecule has 1 saturated heterocycles. The van der Waals surface area contributed by atoms with Crippen molar-refractivity contribution in [1.82, 2.24) is 10.2 Å². The minimum Gasteiger partial charge on any atom is -0.393 e. The van der Waals surface area contributed by atoms with Crippen molar-refractivity contribution in [1.29, 1.82) is 0 Å². The zero-order valence-corrected chi connectivity index (χ0v) is 21.8. The molecule has 2 atom stereocenters. The summed E-state index contributed by atoms with van der Waals surface area (Å²) in [5.74, 6) is -0.332. The standard InChI is InChI=1S/C29H29Cl2N3O3/c30-21-8-4-7-20(15-21)18-29(24-10-9-22(31)17-25(24)32-28(29)37)33-26(16-19-5-2-1-3-6-19)27(36)34-13-11-23(35)12-14-34/h1-10,15,17,23,26,33,35H,11-14,16,18H2,(H,32,37)/t26-,29?/m0/s1. The van der Waals surface area contributed by atoms with Gasteiger partial charge in [-0.1, -0.05) is 71.7 Å². The molecule has 0 bridgehead atoms. The van der Waals surface area contributed by atoms with E-state index in [1.165, 1.54) is 0 Å². The number of hydrogen-bond donors (Lipinski definition) is 3. The number of carbonyl (C=O) groups excluding carboxylic acids is 2. The first-order valence-corrected chi connectivity index (χ1v) is 13.2. The average Bonchev–Trinajstić information content (AvgIpc) is 3.14. The number of halogens is 2. The Morgan fingerprint density at radius 1 is 1.00 bits per heavy atom. The number of anilines is 1. The molecule has 3 aromatic carbocycles. The number of aliphatic hydroxyl groups excluding tert-OH is 1. The number of carbonyl (C=O) groups is 2. The Labute approximate surface area is 226 Å². The highest BCUT2D eigenvalue weighted by atomic mass is 35.5. The number of rotatable bonds is 7. The van der Waals surface area contributed by atoms with Crippen molar-refractivity contribution in [2.45, 2.75) is 43.4 Å². The second kappa shape index (κ2) is 10.8. The van der Waals surface area contributed by atoms with E-state index in [1.807, 2.05) is 54.6 Å². The van der Waals surface area contributed by atoms with E-state index in [0.29, 0.717) is 54.5 Å². The highest BCUT2D eigenvalue weighted by Crippen LogP contribution is 2.41. The van der Waals surface area contributed by atoms with Gasteiger partial charge in [-0.15, -0.1) is 0 Å². The van der Waals surface area contributed by atoms with Crippen LogP contribution in [-0.4, -0.2) is 47.1 Å². The van der Waals surface area contributed by atoms with E-state index in [0.717, 1.165) is 16.7 Å². The van der Waals surface area contributed by atoms with Crippen LogP contribution in [0.1, 0.15) is 29.5 Å². The van der Waals surface area contributed by atoms with Crippen LogP contribution in [0, 0.1) is 0 Å². The molecule has 3 N–H and O–H groups in total. The molecule has 1 fully saturated rings. The van der Waals surface area contributed by atoms with Crippen molar-refractivity contribution >= 4 is 40.7 Å². The summed E-state index contributed by atoms with van der Waals surface area (Å²) in [6.07, 6.45) is 1.40. The molecule has 8 heteroatoms. The number of nitrogens with one attached hydrogen (secondary N) is 2. The average molecular weight is 538 g/mol. The Bertz CT molecular complexity index is 1290. The first-order chi connectivity index (χ1) is 17.8. The van der Waals surface area contributed by atoms with Gasteiger partial charge >= 0.3 is 0 Å². The molecule has 192 valence electrons. The SMILES string of the molecule is O=C([C@H](Cc1ccccc1)NC1(Cc2cccc(Cl)c2)C(=O)Nc2cc(Cl)ccc21)N1CCC(O)CC1. The topological polar surface area (TPSA) is 81.7 Å². The Hall–Kier alpha value is -2.90. The van der Waals surface area contributed by atoms with Gasteiger partial charge in [-0.3, -0.25) is 14.9 Å². The maximum Gasteiger partial charge on any atom is 0.249 e. The highest BCUT2D eigenvalue weighted by Gasteiger charge is 2.49. The van der Waals surface area contributed by atoms with Gasteiger partial charge in [-0.2, -0.15) is 0 Å². The van der Waals surface area contributed by atoms with E-state index in [4.69, 9.17) is 23.2 Å². The van der Waals surface area contributed by atoms with Gasteiger partial charge in [0.2, 0.25) is 11.8 Å². The van der Waals surface area contributed by atoms with Gasteiger partial charge in [0.1, 0.15) is 5.54 Å². The first kappa shape index (κ1) is 25.7. The lowest BCUT2D eigenvalue weighted by molar-refractivity contribution is -0.136. The smallest absolute Gasteiger partial charge is 0.249 e. The fraction of sp³-hybridized carbons (Fsp3) is 0.310. The second-order valence-electron chi connectivity index (χ2n) is 9.80. The molecular formula is C29H29Cl2N3O3. The molecule has 37 heavy (non-hydrogen) atoms. The lowest BCUT2D eigenvalue weighted by Crippen LogP contribution is -2.60. The van der Waals surface area contributed by atoms with Crippen molar-refractivity contribution in [2.75, 3.05) is 18.4 Å². The Morgan fingerprint density at radius 3 is 2.43 bits per heavy atom. The molecule has 2 amide bonds. The molecule has 0 aromatic heterocycles. The fourth-order valence-electron chi connectivity index (χ4n) is 5.32. The van der Waals surface area contributed by atoms with Crippen molar-refractivity contribution in [3.05, 3.63) is 99.5 Å². The number of aliphatic hydroxyl groups is 1. The summed E-state index contributed by atoms with van der Waals surface area (Å²) in [6, 6.07) is 21.8. The van der Waals surface area contributed by atoms with Gasteiger partial charge < -0.3 is 15.3 Å². The number of benzene rings is 3. The van der Waals surface area contributed by atoms with Crippen LogP contribution in [0.3, 0.4) is 0 Å². The molecule has 0 saturated carbocycles. The first-order valence-electron chi connectivity index (χ1n) is 12.5. The Morgan fingerprint density at radius 2 is 1.70 bits per heavy atom. The van der Waals surface area contributed by atoms with Crippen molar-refractivity contribution < 1.29 is 14.7 Å². The second-order valence-corrected chi connectivity index (χ2v) is 10.7. The maximum absolute atomic E-state index is 13.9. The molecular weight excluding hydrogens is 509 g/mol. The number of likely N-dealkylation sites (tertiary alicyclic amines) is 1. The van der Waals surface area contributed by atoms with Gasteiger partial charge in [0.05, 0.1) is 12.1 Å². The van der Waals surface area contributed by atoms with Crippen LogP contribution < -0.4 is 10.6 Å². The number of piperidine rings is 1. The van der Waals surface area contributed by atoms with E-state index in [2.05, 4.69) is 10.6 Å². The predicted molar refractivity (Wildman–Crippen MR) is 146 cm³/mol. The molecule has 3 aromatic rings. The van der Waals surface area contributed by atoms with Gasteiger partial charge in [0, 0.05) is 40.8 Å². The monoisotopic (exact) mass is 537 g/mol. The molecule has 5 rings (SSSR count). The zero-order valence-electron chi connectivity index (χ0n) is 20.3. The molecule has 0 radical (unpaired) electrons. The van der Waals surface area contributed by atoms with E-state index < -0.39 is 17.7 Å². The van der Waals surface area contributed by atoms with Gasteiger partial charge in [-0.05, 0) is 54.7 Å². The fourth-order valence-corrected chi connectivity index (χ4v) is 5.71. The third-order valence-corrected chi connectivity index (χ3v) is 7.68. The molecule has 0 spiro atoms. The summed E-state index contributed by atoms with van der Waals surface area (Å²) in [7, 11) is 0. The van der Waals surface area contributed by atoms with E-state index in [9.17, 15) is 14.7 Å². The van der Waals surface area contributed by atoms with Crippen LogP contribution in [0.4, 0.5) is 5.69 Å². The van der Waals surface area contributed by atoms with E-state index in [-0.39, 0.29) is 11.8 Å². The molecule has 6 nitrogen and oxygen atoms in total. The van der Waals surface area contributed by atoms with Gasteiger partial charge in [-0.25, -0.2) is 0 Å². The number of fused-ring (bicyclic) bond motifs is 1. The normalized spacial score (nSPS) is 20.4. The Balaban J connectivity index is 1.56. The number of hydrogen-bond acceptors (Lipinski definition) is 4. The van der Waals surface area contributed by atoms with Crippen LogP contribution in [-0.2, 0) is 28.0 Å². The minimum absolute atomic E-state index is 0.0866. The zero-order chi connectivity index (χ0) is 26.0. The lowest BCUT2D eigenvalue weighted by Gasteiger charge is -2.37. The summed E-state index contributed by atoms with van der Waals surface area (Å²) in [6.45, 7) is 0.958. The molecule has 2 aliphatic heterocycles. The highest BCUT2D eigenvalue weighted by molar-refractivity contribution is 6.31. The predicted octanol–water partition coefficient (Wildman–Crippen LogP) is 4.57. The molecule has 2 aliphatic rings. The van der Waals surface area contributed by atoms with Gasteiger partial charge in [0.25, 0.3) is 0 Å². The van der Waals surface area contributed by atoms with Crippen LogP contribution in [0.2, 0.25) is 10.0 Å². The van der Waals surface area contributed by atoms with Crippen LogP contribution in [0.15, 0.2) is 72.8 Å². The minimum atomic E-state index is -1.21. The van der Waals surface area contributed by atoms with Crippen LogP contribution in [0.25, 0.3) is 0 Å². The van der Waals surface area contributed by atoms with Gasteiger partial charge in [0.15, 0.2) is 0 Å². The molecule has 1 unspecified atom stereocenters. The van der Waals surface area contributed by atoms with E-state index in [1.54, 1.807) is 23.1 Å². The summed E-state index contributed by atoms with van der Waals surface area (Å²) in [5, 5.41) is 17.6. The number of nitrogens with zero attached hydrogens (tertiary/aromatic N) is 1. The molecule has 2 heterocycles. The summed E-state index contributed by atoms with van der Waals surface area (Å²) in [5.41, 5.74) is 2.00. The quantitative estimate of drug-likeness (QED) is 0.412. The van der Waals surface area contributed by atoms with E-state index >= 15 is 0 Å².